The molecule has 0 saturated carbocycles. The summed E-state index contributed by atoms with van der Waals surface area (Å²) in [6, 6.07) is 8.77. The maximum absolute atomic E-state index is 10.8. The number of benzene rings is 1. The van der Waals surface area contributed by atoms with E-state index in [4.69, 9.17) is 9.79 Å². The molecule has 0 spiro atoms. The fourth-order valence-electron chi connectivity index (χ4n) is 0.926. The largest absolute Gasteiger partial charge is 0.332 e. The lowest BCUT2D eigenvalue weighted by molar-refractivity contribution is 0.362. The predicted octanol–water partition coefficient (Wildman–Crippen LogP) is 0.741. The molecule has 72 valence electrons. The van der Waals surface area contributed by atoms with Crippen molar-refractivity contribution in [1.82, 2.24) is 0 Å². The first-order chi connectivity index (χ1) is 5.52. The number of hydrogen-bond donors (Lipinski definition) is 2. The highest BCUT2D eigenvalue weighted by Crippen LogP contribution is 2.51. The molecule has 1 unspecified atom stereocenters. The summed E-state index contributed by atoms with van der Waals surface area (Å²) in [6.07, 6.45) is 0. The van der Waals surface area contributed by atoms with Gasteiger partial charge in [-0.2, -0.15) is 0 Å². The minimum atomic E-state index is -3.98. The van der Waals surface area contributed by atoms with Gasteiger partial charge in [0.1, 0.15) is 0 Å². The molecular weight excluding hydrogens is 202 g/mol. The summed E-state index contributed by atoms with van der Waals surface area (Å²) in [4.78, 5) is 17.7. The van der Waals surface area contributed by atoms with Gasteiger partial charge in [0.15, 0.2) is 17.4 Å². The van der Waals surface area contributed by atoms with Gasteiger partial charge in [-0.25, -0.2) is 0 Å². The molecule has 0 aliphatic rings. The first kappa shape index (κ1) is 12.9. The van der Waals surface area contributed by atoms with E-state index in [9.17, 15) is 4.57 Å². The van der Waals surface area contributed by atoms with Crippen LogP contribution < -0.4 is 0 Å². The van der Waals surface area contributed by atoms with Gasteiger partial charge in [0.05, 0.1) is 5.66 Å². The number of hydrogen-bond acceptors (Lipinski definition) is 1. The lowest BCUT2D eigenvalue weighted by atomic mass is 10.2. The van der Waals surface area contributed by atoms with Gasteiger partial charge in [-0.15, -0.1) is 0 Å². The summed E-state index contributed by atoms with van der Waals surface area (Å²) >= 11 is 0. The normalized spacial score (nSPS) is 13.2. The minimum Gasteiger partial charge on any atom is -0.324 e. The van der Waals surface area contributed by atoms with Crippen molar-refractivity contribution < 1.29 is 14.4 Å². The maximum atomic E-state index is 10.8. The average molecular weight is 216 g/mol. The van der Waals surface area contributed by atoms with E-state index in [1.807, 2.05) is 6.07 Å². The fourth-order valence-corrected chi connectivity index (χ4v) is 1.49. The number of rotatable bonds is 2. The molecule has 0 heterocycles. The summed E-state index contributed by atoms with van der Waals surface area (Å²) in [5, 5.41) is 0. The topological polar surface area (TPSA) is 57.5 Å². The summed E-state index contributed by atoms with van der Waals surface area (Å²) < 4.78 is 10.8. The van der Waals surface area contributed by atoms with E-state index in [1.165, 1.54) is 6.92 Å². The highest BCUT2D eigenvalue weighted by molar-refractivity contribution is 7.52. The first-order valence-corrected chi connectivity index (χ1v) is 5.30. The van der Waals surface area contributed by atoms with Gasteiger partial charge in [-0.1, -0.05) is 30.3 Å². The van der Waals surface area contributed by atoms with Gasteiger partial charge in [0.25, 0.3) is 0 Å². The van der Waals surface area contributed by atoms with Crippen LogP contribution in [0.5, 0.6) is 0 Å². The smallest absolute Gasteiger partial charge is 0.324 e. The van der Waals surface area contributed by atoms with Crippen LogP contribution in [0.15, 0.2) is 30.3 Å². The van der Waals surface area contributed by atoms with Crippen LogP contribution >= 0.6 is 7.60 Å². The van der Waals surface area contributed by atoms with Crippen molar-refractivity contribution >= 4 is 25.0 Å². The molecule has 0 aliphatic heterocycles. The molecule has 0 fully saturated rings. The van der Waals surface area contributed by atoms with Crippen LogP contribution in [-0.4, -0.2) is 27.1 Å². The lowest BCUT2D eigenvalue weighted by Crippen LogP contribution is -1.93. The molecule has 1 atom stereocenters. The lowest BCUT2D eigenvalue weighted by Gasteiger charge is -2.12. The van der Waals surface area contributed by atoms with E-state index in [-0.39, 0.29) is 17.4 Å². The van der Waals surface area contributed by atoms with Crippen LogP contribution in [0, 0.1) is 0 Å². The van der Waals surface area contributed by atoms with Crippen LogP contribution in [-0.2, 0) is 4.57 Å². The van der Waals surface area contributed by atoms with Crippen LogP contribution in [0.1, 0.15) is 18.1 Å². The Morgan fingerprint density at radius 3 is 2.08 bits per heavy atom. The second-order valence-corrected chi connectivity index (χ2v) is 4.63. The quantitative estimate of drug-likeness (QED) is 0.566. The molecule has 0 amide bonds. The Labute approximate surface area is 88.1 Å². The molecule has 0 radical (unpaired) electrons. The molecule has 0 aromatic heterocycles. The van der Waals surface area contributed by atoms with Crippen molar-refractivity contribution in [3.05, 3.63) is 35.9 Å². The molecule has 1 aromatic carbocycles. The third-order valence-corrected chi connectivity index (χ3v) is 3.09. The molecule has 2 N–H and O–H groups in total. The molecule has 1 aromatic rings. The Balaban J connectivity index is 0.00000144. The van der Waals surface area contributed by atoms with Gasteiger partial charge in [0.2, 0.25) is 0 Å². The molecule has 5 heteroatoms. The molecule has 0 bridgehead atoms. The minimum absolute atomic E-state index is 0. The molecule has 13 heavy (non-hydrogen) atoms. The Bertz CT molecular complexity index is 296. The average Bonchev–Trinajstić information content (AvgIpc) is 2.03. The Morgan fingerprint density at radius 2 is 1.69 bits per heavy atom. The molecule has 0 aliphatic carbocycles. The van der Waals surface area contributed by atoms with E-state index in [0.29, 0.717) is 5.56 Å². The third kappa shape index (κ3) is 3.64. The summed E-state index contributed by atoms with van der Waals surface area (Å²) in [7, 11) is -3.98. The SMILES string of the molecule is CC(c1ccccc1)P(=O)(O)O.[AlH3]. The second-order valence-electron chi connectivity index (χ2n) is 2.68. The van der Waals surface area contributed by atoms with Crippen molar-refractivity contribution in [3.8, 4) is 0 Å². The maximum Gasteiger partial charge on any atom is 0.332 e. The van der Waals surface area contributed by atoms with E-state index < -0.39 is 13.3 Å². The van der Waals surface area contributed by atoms with E-state index in [1.54, 1.807) is 24.3 Å². The zero-order valence-electron chi connectivity index (χ0n) is 6.71. The summed E-state index contributed by atoms with van der Waals surface area (Å²) in [5.41, 5.74) is -0.0375. The molecule has 0 saturated heterocycles. The third-order valence-electron chi connectivity index (χ3n) is 1.79. The van der Waals surface area contributed by atoms with Gasteiger partial charge in [-0.3, -0.25) is 4.57 Å². The van der Waals surface area contributed by atoms with Crippen LogP contribution in [0.4, 0.5) is 0 Å². The second kappa shape index (κ2) is 4.95. The standard InChI is InChI=1S/C8H11O3P.Al.3H/c1-7(12(9,10)11)8-5-3-2-4-6-8;;;;/h2-7H,1H3,(H2,9,10,11);;;;. The monoisotopic (exact) mass is 216 g/mol. The summed E-state index contributed by atoms with van der Waals surface area (Å²) in [6.45, 7) is 1.52. The first-order valence-electron chi connectivity index (χ1n) is 3.62. The summed E-state index contributed by atoms with van der Waals surface area (Å²) in [5.74, 6) is 0. The van der Waals surface area contributed by atoms with Crippen molar-refractivity contribution in [2.24, 2.45) is 0 Å². The van der Waals surface area contributed by atoms with Gasteiger partial charge >= 0.3 is 7.60 Å². The van der Waals surface area contributed by atoms with Crippen molar-refractivity contribution in [1.29, 1.82) is 0 Å². The van der Waals surface area contributed by atoms with Crippen LogP contribution in [0.3, 0.4) is 0 Å². The highest BCUT2D eigenvalue weighted by atomic mass is 31.2. The Hall–Kier alpha value is -0.0975. The van der Waals surface area contributed by atoms with Crippen molar-refractivity contribution in [3.63, 3.8) is 0 Å². The van der Waals surface area contributed by atoms with E-state index >= 15 is 0 Å². The van der Waals surface area contributed by atoms with Crippen molar-refractivity contribution in [2.45, 2.75) is 12.6 Å². The van der Waals surface area contributed by atoms with Gasteiger partial charge in [0, 0.05) is 0 Å². The predicted molar refractivity (Wildman–Crippen MR) is 56.8 cm³/mol. The zero-order chi connectivity index (χ0) is 9.19. The van der Waals surface area contributed by atoms with E-state index in [0.717, 1.165) is 0 Å². The van der Waals surface area contributed by atoms with Crippen molar-refractivity contribution in [2.75, 3.05) is 0 Å². The molecule has 1 rings (SSSR count). The Kier molecular flexibility index (Phi) is 4.91. The fraction of sp³-hybridized carbons (Fsp3) is 0.250. The van der Waals surface area contributed by atoms with Crippen LogP contribution in [0.25, 0.3) is 0 Å². The Morgan fingerprint density at radius 1 is 1.23 bits per heavy atom. The zero-order valence-corrected chi connectivity index (χ0v) is 7.61. The molecular formula is C8H14AlO3P. The van der Waals surface area contributed by atoms with E-state index in [2.05, 4.69) is 0 Å². The van der Waals surface area contributed by atoms with Gasteiger partial charge in [-0.05, 0) is 12.5 Å². The van der Waals surface area contributed by atoms with Crippen LogP contribution in [0.2, 0.25) is 0 Å². The highest BCUT2D eigenvalue weighted by Gasteiger charge is 2.24. The molecule has 3 nitrogen and oxygen atoms in total. The van der Waals surface area contributed by atoms with Gasteiger partial charge < -0.3 is 9.79 Å².